The average molecular weight is 332 g/mol. The van der Waals surface area contributed by atoms with Crippen LogP contribution < -0.4 is 0 Å². The van der Waals surface area contributed by atoms with Crippen molar-refractivity contribution in [2.24, 2.45) is 0 Å². The molecule has 1 atom stereocenters. The number of hydrogen-bond donors (Lipinski definition) is 0. The Morgan fingerprint density at radius 2 is 2.13 bits per heavy atom. The third kappa shape index (κ3) is 3.52. The van der Waals surface area contributed by atoms with E-state index in [0.717, 1.165) is 16.5 Å². The van der Waals surface area contributed by atoms with E-state index < -0.39 is 9.84 Å². The Balaban J connectivity index is 1.83. The molecule has 0 aliphatic carbocycles. The van der Waals surface area contributed by atoms with Crippen LogP contribution in [0.25, 0.3) is 10.9 Å². The smallest absolute Gasteiger partial charge is 0.227 e. The number of carbonyl (C=O) groups excluding carboxylic acids is 1. The second-order valence-corrected chi connectivity index (χ2v) is 8.30. The van der Waals surface area contributed by atoms with Gasteiger partial charge in [-0.1, -0.05) is 18.2 Å². The number of pyridine rings is 1. The quantitative estimate of drug-likeness (QED) is 0.841. The molecule has 1 unspecified atom stereocenters. The molecule has 2 aromatic rings. The first-order valence-electron chi connectivity index (χ1n) is 7.79. The zero-order valence-electron chi connectivity index (χ0n) is 13.1. The molecule has 1 fully saturated rings. The van der Waals surface area contributed by atoms with E-state index in [1.54, 1.807) is 11.1 Å². The highest BCUT2D eigenvalue weighted by atomic mass is 32.2. The zero-order valence-corrected chi connectivity index (χ0v) is 13.9. The maximum absolute atomic E-state index is 12.7. The van der Waals surface area contributed by atoms with Gasteiger partial charge in [-0.15, -0.1) is 0 Å². The zero-order chi connectivity index (χ0) is 16.4. The molecule has 3 rings (SSSR count). The molecule has 6 heteroatoms. The fourth-order valence-corrected chi connectivity index (χ4v) is 4.82. The second kappa shape index (κ2) is 6.28. The summed E-state index contributed by atoms with van der Waals surface area (Å²) in [4.78, 5) is 18.7. The minimum atomic E-state index is -3.05. The van der Waals surface area contributed by atoms with Crippen molar-refractivity contribution >= 4 is 26.6 Å². The van der Waals surface area contributed by atoms with Crippen molar-refractivity contribution in [1.29, 1.82) is 0 Å². The lowest BCUT2D eigenvalue weighted by Gasteiger charge is -2.26. The Morgan fingerprint density at radius 1 is 1.30 bits per heavy atom. The van der Waals surface area contributed by atoms with E-state index in [1.165, 1.54) is 0 Å². The number of aromatic nitrogens is 1. The molecule has 2 heterocycles. The summed E-state index contributed by atoms with van der Waals surface area (Å²) in [5.74, 6) is 0.195. The van der Waals surface area contributed by atoms with Crippen LogP contribution in [0, 0.1) is 0 Å². The van der Waals surface area contributed by atoms with Crippen LogP contribution >= 0.6 is 0 Å². The van der Waals surface area contributed by atoms with Crippen LogP contribution in [0.3, 0.4) is 0 Å². The minimum Gasteiger partial charge on any atom is -0.339 e. The minimum absolute atomic E-state index is 0.0223. The number of amides is 1. The summed E-state index contributed by atoms with van der Waals surface area (Å²) < 4.78 is 23.7. The van der Waals surface area contributed by atoms with Gasteiger partial charge in [0.1, 0.15) is 0 Å². The van der Waals surface area contributed by atoms with E-state index in [2.05, 4.69) is 4.98 Å². The largest absolute Gasteiger partial charge is 0.339 e. The molecule has 1 amide bonds. The maximum atomic E-state index is 12.7. The first-order valence-corrected chi connectivity index (χ1v) is 9.61. The molecule has 1 aliphatic heterocycles. The van der Waals surface area contributed by atoms with Crippen LogP contribution in [0.2, 0.25) is 0 Å². The fourth-order valence-electron chi connectivity index (χ4n) is 3.17. The number of carbonyl (C=O) groups is 1. The summed E-state index contributed by atoms with van der Waals surface area (Å²) >= 11 is 0. The highest BCUT2D eigenvalue weighted by molar-refractivity contribution is 7.91. The van der Waals surface area contributed by atoms with Crippen molar-refractivity contribution in [1.82, 2.24) is 9.88 Å². The van der Waals surface area contributed by atoms with Crippen LogP contribution in [0.1, 0.15) is 18.9 Å². The van der Waals surface area contributed by atoms with Crippen molar-refractivity contribution < 1.29 is 13.2 Å². The molecule has 5 nitrogen and oxygen atoms in total. The highest BCUT2D eigenvalue weighted by Gasteiger charge is 2.28. The number of hydrogen-bond acceptors (Lipinski definition) is 4. The van der Waals surface area contributed by atoms with Gasteiger partial charge in [0.15, 0.2) is 9.84 Å². The molecule has 0 saturated carbocycles. The van der Waals surface area contributed by atoms with E-state index in [0.29, 0.717) is 13.0 Å². The Labute approximate surface area is 136 Å². The van der Waals surface area contributed by atoms with Gasteiger partial charge >= 0.3 is 0 Å². The summed E-state index contributed by atoms with van der Waals surface area (Å²) in [7, 11) is -3.05. The molecule has 1 aromatic carbocycles. The van der Waals surface area contributed by atoms with Crippen LogP contribution in [-0.2, 0) is 21.1 Å². The third-order valence-corrected chi connectivity index (χ3v) is 6.18. The Kier molecular flexibility index (Phi) is 4.35. The predicted molar refractivity (Wildman–Crippen MR) is 89.9 cm³/mol. The molecule has 1 aromatic heterocycles. The molecule has 0 bridgehead atoms. The van der Waals surface area contributed by atoms with Crippen LogP contribution in [0.5, 0.6) is 0 Å². The maximum Gasteiger partial charge on any atom is 0.227 e. The molecule has 122 valence electrons. The average Bonchev–Trinajstić information content (AvgIpc) is 2.64. The van der Waals surface area contributed by atoms with E-state index in [-0.39, 0.29) is 29.9 Å². The number of sulfone groups is 1. The van der Waals surface area contributed by atoms with Gasteiger partial charge in [0, 0.05) is 24.2 Å². The summed E-state index contributed by atoms with van der Waals surface area (Å²) in [6.45, 7) is 2.31. The standard InChI is InChI=1S/C17H20N2O3S/c1-13-12-23(21,22)10-4-9-19(13)17(20)11-14-5-2-7-16-15(14)6-3-8-18-16/h2-3,5-8,13H,4,9-12H2,1H3. The molecule has 23 heavy (non-hydrogen) atoms. The van der Waals surface area contributed by atoms with Crippen molar-refractivity contribution in [3.8, 4) is 0 Å². The van der Waals surface area contributed by atoms with Gasteiger partial charge in [0.2, 0.25) is 5.91 Å². The van der Waals surface area contributed by atoms with E-state index in [9.17, 15) is 13.2 Å². The second-order valence-electron chi connectivity index (χ2n) is 6.07. The molecule has 0 spiro atoms. The molecular weight excluding hydrogens is 312 g/mol. The van der Waals surface area contributed by atoms with Crippen molar-refractivity contribution in [2.75, 3.05) is 18.1 Å². The number of benzene rings is 1. The lowest BCUT2D eigenvalue weighted by molar-refractivity contribution is -0.131. The molecule has 1 aliphatic rings. The SMILES string of the molecule is CC1CS(=O)(=O)CCCN1C(=O)Cc1cccc2ncccc12. The van der Waals surface area contributed by atoms with E-state index in [1.807, 2.05) is 37.3 Å². The first-order chi connectivity index (χ1) is 11.0. The van der Waals surface area contributed by atoms with Gasteiger partial charge < -0.3 is 4.90 Å². The van der Waals surface area contributed by atoms with Crippen LogP contribution in [0.15, 0.2) is 36.5 Å². The number of fused-ring (bicyclic) bond motifs is 1. The summed E-state index contributed by atoms with van der Waals surface area (Å²) in [5.41, 5.74) is 1.80. The van der Waals surface area contributed by atoms with Crippen molar-refractivity contribution in [3.63, 3.8) is 0 Å². The van der Waals surface area contributed by atoms with Gasteiger partial charge in [-0.25, -0.2) is 8.42 Å². The molecule has 0 N–H and O–H groups in total. The van der Waals surface area contributed by atoms with Gasteiger partial charge in [0.05, 0.1) is 23.4 Å². The number of nitrogens with zero attached hydrogens (tertiary/aromatic N) is 2. The lowest BCUT2D eigenvalue weighted by atomic mass is 10.0. The van der Waals surface area contributed by atoms with E-state index >= 15 is 0 Å². The van der Waals surface area contributed by atoms with Gasteiger partial charge in [-0.2, -0.15) is 0 Å². The molecule has 1 saturated heterocycles. The normalized spacial score (nSPS) is 21.1. The van der Waals surface area contributed by atoms with Crippen molar-refractivity contribution in [3.05, 3.63) is 42.1 Å². The van der Waals surface area contributed by atoms with Crippen LogP contribution in [0.4, 0.5) is 0 Å². The molecular formula is C17H20N2O3S. The van der Waals surface area contributed by atoms with Gasteiger partial charge in [-0.05, 0) is 31.0 Å². The Morgan fingerprint density at radius 3 is 2.96 bits per heavy atom. The Hall–Kier alpha value is -1.95. The molecule has 0 radical (unpaired) electrons. The summed E-state index contributed by atoms with van der Waals surface area (Å²) in [6.07, 6.45) is 2.51. The van der Waals surface area contributed by atoms with Gasteiger partial charge in [-0.3, -0.25) is 9.78 Å². The Bertz CT molecular complexity index is 827. The first kappa shape index (κ1) is 15.9. The van der Waals surface area contributed by atoms with E-state index in [4.69, 9.17) is 0 Å². The highest BCUT2D eigenvalue weighted by Crippen LogP contribution is 2.19. The summed E-state index contributed by atoms with van der Waals surface area (Å²) in [5, 5.41) is 0.971. The van der Waals surface area contributed by atoms with Crippen LogP contribution in [-0.4, -0.2) is 48.3 Å². The van der Waals surface area contributed by atoms with Crippen molar-refractivity contribution in [2.45, 2.75) is 25.8 Å². The van der Waals surface area contributed by atoms with Gasteiger partial charge in [0.25, 0.3) is 0 Å². The lowest BCUT2D eigenvalue weighted by Crippen LogP contribution is -2.41. The fraction of sp³-hybridized carbons (Fsp3) is 0.412. The topological polar surface area (TPSA) is 67.3 Å². The summed E-state index contributed by atoms with van der Waals surface area (Å²) in [6, 6.07) is 9.29. The number of rotatable bonds is 2. The monoisotopic (exact) mass is 332 g/mol. The third-order valence-electron chi connectivity index (χ3n) is 4.28. The predicted octanol–water partition coefficient (Wildman–Crippen LogP) is 1.81.